The monoisotopic (exact) mass is 374 g/mol. The van der Waals surface area contributed by atoms with Crippen LogP contribution in [0.3, 0.4) is 0 Å². The Balaban J connectivity index is 2.11. The molecule has 2 aromatic rings. The summed E-state index contributed by atoms with van der Waals surface area (Å²) >= 11 is 3.40. The molecule has 0 aliphatic heterocycles. The fourth-order valence-electron chi connectivity index (χ4n) is 2.13. The van der Waals surface area contributed by atoms with E-state index in [2.05, 4.69) is 26.6 Å². The number of carbonyl (C=O) groups excluding carboxylic acids is 2. The highest BCUT2D eigenvalue weighted by Crippen LogP contribution is 2.26. The van der Waals surface area contributed by atoms with Gasteiger partial charge in [-0.2, -0.15) is 0 Å². The lowest BCUT2D eigenvalue weighted by atomic mass is 9.83. The van der Waals surface area contributed by atoms with E-state index in [0.29, 0.717) is 11.4 Å². The van der Waals surface area contributed by atoms with Gasteiger partial charge in [-0.15, -0.1) is 0 Å². The molecule has 0 saturated heterocycles. The van der Waals surface area contributed by atoms with Crippen LogP contribution in [0.25, 0.3) is 0 Å². The van der Waals surface area contributed by atoms with Crippen LogP contribution in [0.4, 0.5) is 11.4 Å². The standard InChI is InChI=1S/C18H19BrN2O2/c1-12(22)20-15-8-10-16(11-9-15)21-17(23)18(2,3)13-4-6-14(19)7-5-13/h4-11H,1-3H3,(H,20,22)(H,21,23). The number of rotatable bonds is 4. The molecule has 23 heavy (non-hydrogen) atoms. The summed E-state index contributed by atoms with van der Waals surface area (Å²) in [5.41, 5.74) is 1.67. The Labute approximate surface area is 144 Å². The van der Waals surface area contributed by atoms with Gasteiger partial charge in [0.2, 0.25) is 11.8 Å². The van der Waals surface area contributed by atoms with E-state index < -0.39 is 5.41 Å². The zero-order valence-corrected chi connectivity index (χ0v) is 14.9. The second kappa shape index (κ2) is 6.96. The van der Waals surface area contributed by atoms with Gasteiger partial charge in [0, 0.05) is 22.8 Å². The van der Waals surface area contributed by atoms with Crippen molar-refractivity contribution in [1.82, 2.24) is 0 Å². The van der Waals surface area contributed by atoms with Gasteiger partial charge in [-0.25, -0.2) is 0 Å². The molecule has 0 radical (unpaired) electrons. The zero-order valence-electron chi connectivity index (χ0n) is 13.3. The number of benzene rings is 2. The molecule has 0 fully saturated rings. The number of nitrogens with one attached hydrogen (secondary N) is 2. The fraction of sp³-hybridized carbons (Fsp3) is 0.222. The van der Waals surface area contributed by atoms with Gasteiger partial charge < -0.3 is 10.6 Å². The Morgan fingerprint density at radius 2 is 1.35 bits per heavy atom. The van der Waals surface area contributed by atoms with E-state index >= 15 is 0 Å². The molecule has 2 N–H and O–H groups in total. The van der Waals surface area contributed by atoms with E-state index in [-0.39, 0.29) is 11.8 Å². The molecule has 120 valence electrons. The Morgan fingerprint density at radius 3 is 1.83 bits per heavy atom. The maximum Gasteiger partial charge on any atom is 0.234 e. The van der Waals surface area contributed by atoms with E-state index in [1.54, 1.807) is 24.3 Å². The Morgan fingerprint density at radius 1 is 0.870 bits per heavy atom. The maximum atomic E-state index is 12.6. The topological polar surface area (TPSA) is 58.2 Å². The van der Waals surface area contributed by atoms with E-state index in [0.717, 1.165) is 10.0 Å². The minimum absolute atomic E-state index is 0.0906. The lowest BCUT2D eigenvalue weighted by Crippen LogP contribution is -2.34. The summed E-state index contributed by atoms with van der Waals surface area (Å²) in [6.45, 7) is 5.23. The molecule has 0 atom stereocenters. The summed E-state index contributed by atoms with van der Waals surface area (Å²) < 4.78 is 0.978. The van der Waals surface area contributed by atoms with Gasteiger partial charge in [0.25, 0.3) is 0 Å². The van der Waals surface area contributed by atoms with Crippen LogP contribution in [0.15, 0.2) is 53.0 Å². The second-order valence-electron chi connectivity index (χ2n) is 5.84. The van der Waals surface area contributed by atoms with Gasteiger partial charge in [0.15, 0.2) is 0 Å². The van der Waals surface area contributed by atoms with Gasteiger partial charge in [0.1, 0.15) is 0 Å². The zero-order chi connectivity index (χ0) is 17.0. The third-order valence-corrected chi connectivity index (χ3v) is 4.13. The van der Waals surface area contributed by atoms with Gasteiger partial charge in [-0.05, 0) is 55.8 Å². The number of hydrogen-bond donors (Lipinski definition) is 2. The van der Waals surface area contributed by atoms with Gasteiger partial charge in [-0.3, -0.25) is 9.59 Å². The maximum absolute atomic E-state index is 12.6. The first kappa shape index (κ1) is 17.2. The summed E-state index contributed by atoms with van der Waals surface area (Å²) in [7, 11) is 0. The molecule has 0 saturated carbocycles. The molecule has 4 nitrogen and oxygen atoms in total. The average molecular weight is 375 g/mol. The SMILES string of the molecule is CC(=O)Nc1ccc(NC(=O)C(C)(C)c2ccc(Br)cc2)cc1. The molecule has 2 aromatic carbocycles. The van der Waals surface area contributed by atoms with Crippen molar-refractivity contribution in [2.24, 2.45) is 0 Å². The molecule has 5 heteroatoms. The molecular formula is C18H19BrN2O2. The predicted molar refractivity (Wildman–Crippen MR) is 96.5 cm³/mol. The number of hydrogen-bond acceptors (Lipinski definition) is 2. The molecule has 0 bridgehead atoms. The molecule has 2 amide bonds. The number of halogens is 1. The largest absolute Gasteiger partial charge is 0.326 e. The number of carbonyl (C=O) groups is 2. The summed E-state index contributed by atoms with van der Waals surface area (Å²) in [4.78, 5) is 23.6. The Bertz CT molecular complexity index is 707. The Kier molecular flexibility index (Phi) is 5.21. The van der Waals surface area contributed by atoms with Gasteiger partial charge >= 0.3 is 0 Å². The lowest BCUT2D eigenvalue weighted by Gasteiger charge is -2.24. The molecular weight excluding hydrogens is 356 g/mol. The third kappa shape index (κ3) is 4.42. The van der Waals surface area contributed by atoms with Crippen LogP contribution in [0.5, 0.6) is 0 Å². The lowest BCUT2D eigenvalue weighted by molar-refractivity contribution is -0.120. The second-order valence-corrected chi connectivity index (χ2v) is 6.76. The normalized spacial score (nSPS) is 11.0. The van der Waals surface area contributed by atoms with Crippen molar-refractivity contribution < 1.29 is 9.59 Å². The minimum atomic E-state index is -0.656. The van der Waals surface area contributed by atoms with E-state index in [9.17, 15) is 9.59 Å². The van der Waals surface area contributed by atoms with Crippen LogP contribution in [-0.2, 0) is 15.0 Å². The molecule has 2 rings (SSSR count). The van der Waals surface area contributed by atoms with Crippen LogP contribution < -0.4 is 10.6 Å². The van der Waals surface area contributed by atoms with Crippen LogP contribution in [0.1, 0.15) is 26.3 Å². The van der Waals surface area contributed by atoms with Crippen LogP contribution in [-0.4, -0.2) is 11.8 Å². The first-order valence-corrected chi connectivity index (χ1v) is 8.03. The van der Waals surface area contributed by atoms with Crippen molar-refractivity contribution in [1.29, 1.82) is 0 Å². The van der Waals surface area contributed by atoms with Crippen molar-refractivity contribution in [3.05, 3.63) is 58.6 Å². The highest BCUT2D eigenvalue weighted by atomic mass is 79.9. The van der Waals surface area contributed by atoms with Gasteiger partial charge in [0.05, 0.1) is 5.41 Å². The smallest absolute Gasteiger partial charge is 0.234 e. The molecule has 0 spiro atoms. The molecule has 0 unspecified atom stereocenters. The minimum Gasteiger partial charge on any atom is -0.326 e. The van der Waals surface area contributed by atoms with Crippen molar-refractivity contribution in [3.63, 3.8) is 0 Å². The highest BCUT2D eigenvalue weighted by Gasteiger charge is 2.29. The number of anilines is 2. The van der Waals surface area contributed by atoms with Crippen molar-refractivity contribution in [2.45, 2.75) is 26.2 Å². The van der Waals surface area contributed by atoms with Crippen LogP contribution in [0.2, 0.25) is 0 Å². The number of amides is 2. The first-order chi connectivity index (χ1) is 10.8. The van der Waals surface area contributed by atoms with Gasteiger partial charge in [-0.1, -0.05) is 28.1 Å². The molecule has 0 aromatic heterocycles. The van der Waals surface area contributed by atoms with Crippen molar-refractivity contribution in [2.75, 3.05) is 10.6 Å². The first-order valence-electron chi connectivity index (χ1n) is 7.24. The van der Waals surface area contributed by atoms with Crippen molar-refractivity contribution in [3.8, 4) is 0 Å². The average Bonchev–Trinajstić information content (AvgIpc) is 2.49. The molecule has 0 aliphatic carbocycles. The summed E-state index contributed by atoms with van der Waals surface area (Å²) in [6, 6.07) is 14.8. The van der Waals surface area contributed by atoms with Crippen molar-refractivity contribution >= 4 is 39.1 Å². The van der Waals surface area contributed by atoms with Crippen LogP contribution in [0, 0.1) is 0 Å². The van der Waals surface area contributed by atoms with E-state index in [1.165, 1.54) is 6.92 Å². The molecule has 0 heterocycles. The van der Waals surface area contributed by atoms with E-state index in [1.807, 2.05) is 38.1 Å². The van der Waals surface area contributed by atoms with E-state index in [4.69, 9.17) is 0 Å². The highest BCUT2D eigenvalue weighted by molar-refractivity contribution is 9.10. The summed E-state index contributed by atoms with van der Waals surface area (Å²) in [6.07, 6.45) is 0. The fourth-order valence-corrected chi connectivity index (χ4v) is 2.39. The summed E-state index contributed by atoms with van der Waals surface area (Å²) in [5.74, 6) is -0.217. The predicted octanol–water partition coefficient (Wildman–Crippen LogP) is 4.32. The molecule has 0 aliphatic rings. The third-order valence-electron chi connectivity index (χ3n) is 3.60. The summed E-state index contributed by atoms with van der Waals surface area (Å²) in [5, 5.41) is 5.60. The quantitative estimate of drug-likeness (QED) is 0.836. The Hall–Kier alpha value is -2.14. The van der Waals surface area contributed by atoms with Crippen LogP contribution >= 0.6 is 15.9 Å².